The van der Waals surface area contributed by atoms with E-state index >= 15 is 0 Å². The van der Waals surface area contributed by atoms with E-state index in [9.17, 15) is 0 Å². The van der Waals surface area contributed by atoms with Gasteiger partial charge in [0.2, 0.25) is 0 Å². The highest BCUT2D eigenvalue weighted by atomic mass is 32.1. The van der Waals surface area contributed by atoms with E-state index in [4.69, 9.17) is 9.84 Å². The third-order valence-electron chi connectivity index (χ3n) is 3.31. The average Bonchev–Trinajstić information content (AvgIpc) is 2.80. The highest BCUT2D eigenvalue weighted by Gasteiger charge is 2.27. The average molecular weight is 241 g/mol. The van der Waals surface area contributed by atoms with Crippen LogP contribution in [0.15, 0.2) is 5.38 Å². The van der Waals surface area contributed by atoms with E-state index in [1.54, 1.807) is 18.4 Å². The number of aliphatic hydroxyl groups is 1. The van der Waals surface area contributed by atoms with Crippen LogP contribution < -0.4 is 0 Å². The van der Waals surface area contributed by atoms with Gasteiger partial charge in [0.05, 0.1) is 12.3 Å². The number of hydrogen-bond donors (Lipinski definition) is 1. The van der Waals surface area contributed by atoms with Crippen molar-refractivity contribution >= 4 is 11.3 Å². The van der Waals surface area contributed by atoms with Crippen molar-refractivity contribution in [1.82, 2.24) is 4.98 Å². The lowest BCUT2D eigenvalue weighted by Gasteiger charge is -2.27. The standard InChI is InChI=1S/C12H19NO2S/c1-15-11(9-5-3-2-4-6-9)12-13-10(7-14)8-16-12/h8-9,11,14H,2-7H2,1H3. The Morgan fingerprint density at radius 1 is 1.50 bits per heavy atom. The Balaban J connectivity index is 2.08. The fourth-order valence-corrected chi connectivity index (χ4v) is 3.43. The molecular formula is C12H19NO2S. The molecule has 0 spiro atoms. The normalized spacial score (nSPS) is 19.9. The second kappa shape index (κ2) is 5.75. The highest BCUT2D eigenvalue weighted by molar-refractivity contribution is 7.09. The van der Waals surface area contributed by atoms with Gasteiger partial charge in [0.25, 0.3) is 0 Å². The Morgan fingerprint density at radius 2 is 2.25 bits per heavy atom. The molecule has 2 rings (SSSR count). The topological polar surface area (TPSA) is 42.4 Å². The Bertz CT molecular complexity index is 321. The fraction of sp³-hybridized carbons (Fsp3) is 0.750. The molecule has 3 nitrogen and oxygen atoms in total. The summed E-state index contributed by atoms with van der Waals surface area (Å²) in [7, 11) is 1.76. The molecule has 0 aliphatic heterocycles. The molecule has 16 heavy (non-hydrogen) atoms. The first-order chi connectivity index (χ1) is 7.85. The second-order valence-electron chi connectivity index (χ2n) is 4.39. The third-order valence-corrected chi connectivity index (χ3v) is 4.26. The molecule has 1 N–H and O–H groups in total. The first-order valence-corrected chi connectivity index (χ1v) is 6.81. The summed E-state index contributed by atoms with van der Waals surface area (Å²) in [6.45, 7) is 0.0254. The first-order valence-electron chi connectivity index (χ1n) is 5.93. The number of aromatic nitrogens is 1. The van der Waals surface area contributed by atoms with E-state index < -0.39 is 0 Å². The summed E-state index contributed by atoms with van der Waals surface area (Å²) >= 11 is 1.60. The van der Waals surface area contributed by atoms with Gasteiger partial charge in [-0.3, -0.25) is 0 Å². The molecule has 1 aromatic rings. The Hall–Kier alpha value is -0.450. The van der Waals surface area contributed by atoms with Crippen LogP contribution in [-0.2, 0) is 11.3 Å². The number of ether oxygens (including phenoxy) is 1. The van der Waals surface area contributed by atoms with Crippen molar-refractivity contribution in [2.45, 2.75) is 44.8 Å². The van der Waals surface area contributed by atoms with Gasteiger partial charge < -0.3 is 9.84 Å². The van der Waals surface area contributed by atoms with Crippen molar-refractivity contribution in [3.63, 3.8) is 0 Å². The molecule has 0 radical (unpaired) electrons. The van der Waals surface area contributed by atoms with Crippen molar-refractivity contribution in [2.24, 2.45) is 5.92 Å². The van der Waals surface area contributed by atoms with Gasteiger partial charge in [-0.25, -0.2) is 4.98 Å². The smallest absolute Gasteiger partial charge is 0.122 e. The number of rotatable bonds is 4. The number of methoxy groups -OCH3 is 1. The SMILES string of the molecule is COC(c1nc(CO)cs1)C1CCCCC1. The molecule has 0 aromatic carbocycles. The Labute approximate surface area is 100 Å². The van der Waals surface area contributed by atoms with Crippen LogP contribution in [0.25, 0.3) is 0 Å². The monoisotopic (exact) mass is 241 g/mol. The summed E-state index contributed by atoms with van der Waals surface area (Å²) in [5, 5.41) is 12.0. The number of nitrogens with zero attached hydrogens (tertiary/aromatic N) is 1. The molecule has 1 unspecified atom stereocenters. The Kier molecular flexibility index (Phi) is 4.32. The van der Waals surface area contributed by atoms with E-state index in [0.29, 0.717) is 5.92 Å². The first kappa shape index (κ1) is 12.0. The largest absolute Gasteiger partial charge is 0.390 e. The summed E-state index contributed by atoms with van der Waals surface area (Å²) < 4.78 is 5.60. The number of thiazole rings is 1. The molecule has 1 aliphatic carbocycles. The zero-order chi connectivity index (χ0) is 11.4. The van der Waals surface area contributed by atoms with Crippen LogP contribution >= 0.6 is 11.3 Å². The van der Waals surface area contributed by atoms with Crippen LogP contribution in [0.3, 0.4) is 0 Å². The molecule has 90 valence electrons. The molecule has 1 saturated carbocycles. The van der Waals surface area contributed by atoms with Gasteiger partial charge in [-0.15, -0.1) is 11.3 Å². The Morgan fingerprint density at radius 3 is 2.81 bits per heavy atom. The maximum absolute atomic E-state index is 9.02. The van der Waals surface area contributed by atoms with Crippen molar-refractivity contribution in [3.05, 3.63) is 16.1 Å². The summed E-state index contributed by atoms with van der Waals surface area (Å²) in [6.07, 6.45) is 6.59. The van der Waals surface area contributed by atoms with Gasteiger partial charge >= 0.3 is 0 Å². The number of aliphatic hydroxyl groups excluding tert-OH is 1. The van der Waals surface area contributed by atoms with E-state index in [0.717, 1.165) is 10.7 Å². The van der Waals surface area contributed by atoms with Gasteiger partial charge in [-0.05, 0) is 18.8 Å². The van der Waals surface area contributed by atoms with Crippen LogP contribution in [0, 0.1) is 5.92 Å². The van der Waals surface area contributed by atoms with Gasteiger partial charge in [-0.1, -0.05) is 19.3 Å². The van der Waals surface area contributed by atoms with E-state index in [2.05, 4.69) is 4.98 Å². The zero-order valence-electron chi connectivity index (χ0n) is 9.69. The van der Waals surface area contributed by atoms with E-state index in [1.807, 2.05) is 5.38 Å². The van der Waals surface area contributed by atoms with Crippen molar-refractivity contribution in [2.75, 3.05) is 7.11 Å². The fourth-order valence-electron chi connectivity index (χ4n) is 2.46. The minimum absolute atomic E-state index is 0.0254. The molecule has 1 heterocycles. The molecule has 0 amide bonds. The van der Waals surface area contributed by atoms with Gasteiger partial charge in [-0.2, -0.15) is 0 Å². The van der Waals surface area contributed by atoms with Gasteiger partial charge in [0, 0.05) is 12.5 Å². The molecule has 0 saturated heterocycles. The van der Waals surface area contributed by atoms with Crippen LogP contribution in [0.4, 0.5) is 0 Å². The van der Waals surface area contributed by atoms with Crippen LogP contribution in [0.1, 0.15) is 48.9 Å². The molecule has 1 aromatic heterocycles. The van der Waals surface area contributed by atoms with Gasteiger partial charge in [0.1, 0.15) is 11.1 Å². The lowest BCUT2D eigenvalue weighted by atomic mass is 9.85. The van der Waals surface area contributed by atoms with Crippen molar-refractivity contribution in [3.8, 4) is 0 Å². The van der Waals surface area contributed by atoms with Crippen LogP contribution in [0.2, 0.25) is 0 Å². The quantitative estimate of drug-likeness (QED) is 0.881. The van der Waals surface area contributed by atoms with Crippen LogP contribution in [-0.4, -0.2) is 17.2 Å². The summed E-state index contributed by atoms with van der Waals surface area (Å²) in [6, 6.07) is 0. The second-order valence-corrected chi connectivity index (χ2v) is 5.28. The highest BCUT2D eigenvalue weighted by Crippen LogP contribution is 2.37. The number of hydrogen-bond acceptors (Lipinski definition) is 4. The zero-order valence-corrected chi connectivity index (χ0v) is 10.5. The minimum Gasteiger partial charge on any atom is -0.390 e. The third kappa shape index (κ3) is 2.62. The van der Waals surface area contributed by atoms with Crippen LogP contribution in [0.5, 0.6) is 0 Å². The summed E-state index contributed by atoms with van der Waals surface area (Å²) in [5.74, 6) is 0.608. The lowest BCUT2D eigenvalue weighted by molar-refractivity contribution is 0.0350. The molecule has 1 fully saturated rings. The van der Waals surface area contributed by atoms with Gasteiger partial charge in [0.15, 0.2) is 0 Å². The molecule has 4 heteroatoms. The maximum Gasteiger partial charge on any atom is 0.122 e. The minimum atomic E-state index is 0.0254. The maximum atomic E-state index is 9.02. The predicted molar refractivity (Wildman–Crippen MR) is 64.4 cm³/mol. The molecule has 0 bridgehead atoms. The summed E-state index contributed by atoms with van der Waals surface area (Å²) in [4.78, 5) is 4.42. The van der Waals surface area contributed by atoms with E-state index in [-0.39, 0.29) is 12.7 Å². The molecule has 1 atom stereocenters. The molecular weight excluding hydrogens is 222 g/mol. The summed E-state index contributed by atoms with van der Waals surface area (Å²) in [5.41, 5.74) is 0.762. The van der Waals surface area contributed by atoms with Crippen molar-refractivity contribution < 1.29 is 9.84 Å². The lowest BCUT2D eigenvalue weighted by Crippen LogP contribution is -2.17. The van der Waals surface area contributed by atoms with E-state index in [1.165, 1.54) is 32.1 Å². The van der Waals surface area contributed by atoms with Crippen molar-refractivity contribution in [1.29, 1.82) is 0 Å². The molecule has 1 aliphatic rings. The predicted octanol–water partition coefficient (Wildman–Crippen LogP) is 2.90.